The van der Waals surface area contributed by atoms with Crippen LogP contribution in [-0.2, 0) is 4.79 Å². The molecule has 2 heterocycles. The Morgan fingerprint density at radius 2 is 1.82 bits per heavy atom. The molecule has 2 aromatic rings. The van der Waals surface area contributed by atoms with E-state index >= 15 is 0 Å². The number of nitrogens with zero attached hydrogens (tertiary/aromatic N) is 2. The van der Waals surface area contributed by atoms with Crippen LogP contribution in [0.3, 0.4) is 0 Å². The van der Waals surface area contributed by atoms with E-state index in [2.05, 4.69) is 5.32 Å². The van der Waals surface area contributed by atoms with Crippen LogP contribution < -0.4 is 5.32 Å². The molecule has 148 valence electrons. The predicted octanol–water partition coefficient (Wildman–Crippen LogP) is 3.90. The number of imide groups is 1. The third-order valence-electron chi connectivity index (χ3n) is 4.93. The molecule has 1 aliphatic rings. The topological polar surface area (TPSA) is 71.4 Å². The minimum atomic E-state index is -0.554. The smallest absolute Gasteiger partial charge is 0.325 e. The second kappa shape index (κ2) is 7.80. The lowest BCUT2D eigenvalue weighted by molar-refractivity contribution is -0.127. The molecule has 1 saturated heterocycles. The number of Topliss-reactive ketones (excluding diaryl/α,β-unsaturated/α-hetero) is 1. The van der Waals surface area contributed by atoms with Crippen LogP contribution in [0.15, 0.2) is 30.3 Å². The molecule has 1 aromatic carbocycles. The largest absolute Gasteiger partial charge is 0.326 e. The van der Waals surface area contributed by atoms with Crippen LogP contribution in [0.25, 0.3) is 5.69 Å². The number of aromatic nitrogens is 1. The summed E-state index contributed by atoms with van der Waals surface area (Å²) in [5.41, 5.74) is 3.04. The van der Waals surface area contributed by atoms with Gasteiger partial charge in [0.25, 0.3) is 5.91 Å². The molecule has 1 aromatic heterocycles. The molecule has 0 saturated carbocycles. The molecule has 1 atom stereocenters. The monoisotopic (exact) mass is 401 g/mol. The Labute approximate surface area is 169 Å². The third-order valence-corrected chi connectivity index (χ3v) is 5.18. The maximum absolute atomic E-state index is 12.9. The molecule has 1 N–H and O–H groups in total. The summed E-state index contributed by atoms with van der Waals surface area (Å²) in [6.07, 6.45) is 0.556. The zero-order valence-corrected chi connectivity index (χ0v) is 17.2. The molecule has 1 aliphatic heterocycles. The number of urea groups is 1. The van der Waals surface area contributed by atoms with E-state index < -0.39 is 12.1 Å². The molecule has 0 radical (unpaired) electrons. The molecule has 3 rings (SSSR count). The van der Waals surface area contributed by atoms with Crippen LogP contribution >= 0.6 is 11.6 Å². The minimum absolute atomic E-state index is 0.260. The van der Waals surface area contributed by atoms with Crippen molar-refractivity contribution in [3.05, 3.63) is 52.3 Å². The lowest BCUT2D eigenvalue weighted by Crippen LogP contribution is -2.36. The van der Waals surface area contributed by atoms with Gasteiger partial charge in [-0.3, -0.25) is 14.5 Å². The first kappa shape index (κ1) is 20.1. The SMILES string of the molecule is Cc1cc(C(=O)CN2C(=O)NC(CC(C)C)C2=O)c(C)n1-c1ccc(Cl)cc1. The van der Waals surface area contributed by atoms with E-state index in [1.54, 1.807) is 18.2 Å². The first-order chi connectivity index (χ1) is 13.2. The predicted molar refractivity (Wildman–Crippen MR) is 108 cm³/mol. The molecule has 28 heavy (non-hydrogen) atoms. The van der Waals surface area contributed by atoms with Gasteiger partial charge >= 0.3 is 6.03 Å². The van der Waals surface area contributed by atoms with E-state index in [1.807, 2.05) is 44.4 Å². The second-order valence-electron chi connectivity index (χ2n) is 7.58. The van der Waals surface area contributed by atoms with E-state index in [0.717, 1.165) is 22.0 Å². The highest BCUT2D eigenvalue weighted by molar-refractivity contribution is 6.30. The molecule has 0 spiro atoms. The van der Waals surface area contributed by atoms with Crippen molar-refractivity contribution in [1.82, 2.24) is 14.8 Å². The Balaban J connectivity index is 1.82. The number of carbonyl (C=O) groups excluding carboxylic acids is 3. The van der Waals surface area contributed by atoms with Gasteiger partial charge in [-0.2, -0.15) is 0 Å². The van der Waals surface area contributed by atoms with Gasteiger partial charge in [0.15, 0.2) is 5.78 Å². The van der Waals surface area contributed by atoms with Crippen LogP contribution in [0.2, 0.25) is 5.02 Å². The van der Waals surface area contributed by atoms with Gasteiger partial charge in [0, 0.05) is 27.7 Å². The Hall–Kier alpha value is -2.60. The number of benzene rings is 1. The number of halogens is 1. The van der Waals surface area contributed by atoms with Gasteiger partial charge in [-0.15, -0.1) is 0 Å². The molecule has 0 bridgehead atoms. The fourth-order valence-electron chi connectivity index (χ4n) is 3.62. The molecule has 6 nitrogen and oxygen atoms in total. The lowest BCUT2D eigenvalue weighted by Gasteiger charge is -2.13. The Bertz CT molecular complexity index is 931. The van der Waals surface area contributed by atoms with Crippen LogP contribution in [0.4, 0.5) is 4.79 Å². The Morgan fingerprint density at radius 1 is 1.18 bits per heavy atom. The lowest BCUT2D eigenvalue weighted by atomic mass is 10.0. The van der Waals surface area contributed by atoms with Gasteiger partial charge in [-0.25, -0.2) is 4.79 Å². The molecule has 1 fully saturated rings. The number of hydrogen-bond acceptors (Lipinski definition) is 3. The molecule has 3 amide bonds. The maximum Gasteiger partial charge on any atom is 0.325 e. The van der Waals surface area contributed by atoms with Gasteiger partial charge in [-0.05, 0) is 56.5 Å². The number of carbonyl (C=O) groups is 3. The van der Waals surface area contributed by atoms with Crippen molar-refractivity contribution in [2.24, 2.45) is 5.92 Å². The molecular formula is C21H24ClN3O3. The summed E-state index contributed by atoms with van der Waals surface area (Å²) in [6.45, 7) is 7.47. The number of rotatable bonds is 6. The van der Waals surface area contributed by atoms with Crippen LogP contribution in [0.1, 0.15) is 42.0 Å². The number of aryl methyl sites for hydroxylation is 1. The average molecular weight is 402 g/mol. The molecule has 7 heteroatoms. The highest BCUT2D eigenvalue weighted by Crippen LogP contribution is 2.23. The summed E-state index contributed by atoms with van der Waals surface area (Å²) in [5, 5.41) is 3.31. The van der Waals surface area contributed by atoms with E-state index in [-0.39, 0.29) is 24.2 Å². The summed E-state index contributed by atoms with van der Waals surface area (Å²) in [7, 11) is 0. The van der Waals surface area contributed by atoms with Gasteiger partial charge in [0.1, 0.15) is 6.04 Å². The summed E-state index contributed by atoms with van der Waals surface area (Å²) in [5.74, 6) is -0.330. The first-order valence-electron chi connectivity index (χ1n) is 9.29. The number of hydrogen-bond donors (Lipinski definition) is 1. The van der Waals surface area contributed by atoms with Crippen LogP contribution in [0, 0.1) is 19.8 Å². The fraction of sp³-hybridized carbons (Fsp3) is 0.381. The normalized spacial score (nSPS) is 16.8. The highest BCUT2D eigenvalue weighted by Gasteiger charge is 2.39. The zero-order chi connectivity index (χ0) is 20.6. The fourth-order valence-corrected chi connectivity index (χ4v) is 3.75. The van der Waals surface area contributed by atoms with E-state index in [0.29, 0.717) is 17.0 Å². The number of amides is 3. The average Bonchev–Trinajstić information content (AvgIpc) is 3.06. The molecule has 0 aliphatic carbocycles. The number of nitrogens with one attached hydrogen (secondary N) is 1. The molecular weight excluding hydrogens is 378 g/mol. The summed E-state index contributed by atoms with van der Waals surface area (Å²) >= 11 is 5.96. The van der Waals surface area contributed by atoms with Crippen molar-refractivity contribution in [2.75, 3.05) is 6.54 Å². The van der Waals surface area contributed by atoms with Crippen LogP contribution in [0.5, 0.6) is 0 Å². The summed E-state index contributed by atoms with van der Waals surface area (Å²) in [6, 6.07) is 8.07. The first-order valence-corrected chi connectivity index (χ1v) is 9.66. The van der Waals surface area contributed by atoms with Crippen molar-refractivity contribution < 1.29 is 14.4 Å². The van der Waals surface area contributed by atoms with Gasteiger partial charge in [0.05, 0.1) is 6.54 Å². The van der Waals surface area contributed by atoms with Gasteiger partial charge < -0.3 is 9.88 Å². The van der Waals surface area contributed by atoms with Crippen molar-refractivity contribution in [1.29, 1.82) is 0 Å². The van der Waals surface area contributed by atoms with E-state index in [1.165, 1.54) is 0 Å². The van der Waals surface area contributed by atoms with Crippen molar-refractivity contribution in [3.8, 4) is 5.69 Å². The highest BCUT2D eigenvalue weighted by atomic mass is 35.5. The van der Waals surface area contributed by atoms with Crippen molar-refractivity contribution in [3.63, 3.8) is 0 Å². The Kier molecular flexibility index (Phi) is 5.61. The maximum atomic E-state index is 12.9. The summed E-state index contributed by atoms with van der Waals surface area (Å²) < 4.78 is 1.96. The van der Waals surface area contributed by atoms with Crippen molar-refractivity contribution >= 4 is 29.3 Å². The van der Waals surface area contributed by atoms with Crippen molar-refractivity contribution in [2.45, 2.75) is 40.2 Å². The summed E-state index contributed by atoms with van der Waals surface area (Å²) in [4.78, 5) is 38.6. The zero-order valence-electron chi connectivity index (χ0n) is 16.5. The van der Waals surface area contributed by atoms with E-state index in [9.17, 15) is 14.4 Å². The van der Waals surface area contributed by atoms with E-state index in [4.69, 9.17) is 11.6 Å². The Morgan fingerprint density at radius 3 is 2.43 bits per heavy atom. The third kappa shape index (κ3) is 3.83. The van der Waals surface area contributed by atoms with Gasteiger partial charge in [0.2, 0.25) is 0 Å². The second-order valence-corrected chi connectivity index (χ2v) is 8.01. The van der Waals surface area contributed by atoms with Crippen LogP contribution in [-0.4, -0.2) is 39.8 Å². The quantitative estimate of drug-likeness (QED) is 0.589. The molecule has 1 unspecified atom stereocenters. The minimum Gasteiger partial charge on any atom is -0.326 e. The number of ketones is 1. The standard InChI is InChI=1S/C21H24ClN3O3/c1-12(2)9-18-20(27)24(21(28)23-18)11-19(26)17-10-13(3)25(14(17)4)16-7-5-15(22)6-8-16/h5-8,10,12,18H,9,11H2,1-4H3,(H,23,28). The van der Waals surface area contributed by atoms with Gasteiger partial charge in [-0.1, -0.05) is 25.4 Å².